The third-order valence-corrected chi connectivity index (χ3v) is 6.56. The Morgan fingerprint density at radius 2 is 2.00 bits per heavy atom. The fourth-order valence-corrected chi connectivity index (χ4v) is 4.87. The second-order valence-electron chi connectivity index (χ2n) is 8.75. The molecule has 2 aliphatic rings. The van der Waals surface area contributed by atoms with Crippen LogP contribution in [0.1, 0.15) is 45.7 Å². The van der Waals surface area contributed by atoms with E-state index in [9.17, 15) is 4.79 Å². The number of amides is 1. The predicted octanol–water partition coefficient (Wildman–Crippen LogP) is 2.18. The number of fused-ring (bicyclic) bond motifs is 1. The van der Waals surface area contributed by atoms with Crippen LogP contribution >= 0.6 is 0 Å². The molecular formula is C23H29N7O. The van der Waals surface area contributed by atoms with Crippen LogP contribution in [0.4, 0.5) is 0 Å². The second kappa shape index (κ2) is 8.26. The van der Waals surface area contributed by atoms with Crippen molar-refractivity contribution in [1.29, 1.82) is 0 Å². The molecule has 4 heterocycles. The number of likely N-dealkylation sites (tertiary alicyclic amines) is 1. The van der Waals surface area contributed by atoms with Gasteiger partial charge in [0.1, 0.15) is 0 Å². The first kappa shape index (κ1) is 19.9. The molecule has 1 fully saturated rings. The first-order valence-corrected chi connectivity index (χ1v) is 11.1. The molecule has 0 radical (unpaired) electrons. The van der Waals surface area contributed by atoms with Crippen LogP contribution in [0.3, 0.4) is 0 Å². The molecule has 5 rings (SSSR count). The first-order chi connectivity index (χ1) is 15.1. The Kier molecular flexibility index (Phi) is 5.31. The summed E-state index contributed by atoms with van der Waals surface area (Å²) in [6, 6.07) is 8.73. The normalized spacial score (nSPS) is 19.0. The summed E-state index contributed by atoms with van der Waals surface area (Å²) >= 11 is 0. The highest BCUT2D eigenvalue weighted by atomic mass is 16.2. The van der Waals surface area contributed by atoms with Crippen LogP contribution in [0.2, 0.25) is 0 Å². The van der Waals surface area contributed by atoms with E-state index in [1.54, 1.807) is 0 Å². The predicted molar refractivity (Wildman–Crippen MR) is 116 cm³/mol. The quantitative estimate of drug-likeness (QED) is 0.634. The smallest absolute Gasteiger partial charge is 0.276 e. The highest BCUT2D eigenvalue weighted by molar-refractivity contribution is 5.92. The standard InChI is InChI=1S/C23H29N7O/c1-17-20(12-27(2)25-17)14-28-10-5-8-21(28)15-30-16-22(24-26-30)23(31)29-11-9-18-6-3-4-7-19(18)13-29/h3-4,6-7,12,16,21H,5,8-11,13-15H2,1-2H3/t21-/m0/s1. The number of aryl methyl sites for hydroxylation is 2. The van der Waals surface area contributed by atoms with Gasteiger partial charge in [0.05, 0.1) is 18.4 Å². The Labute approximate surface area is 182 Å². The van der Waals surface area contributed by atoms with E-state index < -0.39 is 0 Å². The van der Waals surface area contributed by atoms with Gasteiger partial charge in [0.15, 0.2) is 5.69 Å². The Hall–Kier alpha value is -3.00. The number of benzene rings is 1. The molecule has 1 amide bonds. The maximum atomic E-state index is 13.0. The second-order valence-corrected chi connectivity index (χ2v) is 8.75. The van der Waals surface area contributed by atoms with Gasteiger partial charge >= 0.3 is 0 Å². The number of carbonyl (C=O) groups excluding carboxylic acids is 1. The van der Waals surface area contributed by atoms with Crippen LogP contribution < -0.4 is 0 Å². The van der Waals surface area contributed by atoms with Crippen molar-refractivity contribution in [3.8, 4) is 0 Å². The third kappa shape index (κ3) is 4.12. The number of hydrogen-bond donors (Lipinski definition) is 0. The summed E-state index contributed by atoms with van der Waals surface area (Å²) in [5, 5.41) is 12.9. The van der Waals surface area contributed by atoms with Gasteiger partial charge in [0, 0.05) is 44.5 Å². The van der Waals surface area contributed by atoms with Crippen LogP contribution in [0.5, 0.6) is 0 Å². The minimum atomic E-state index is -0.0324. The Bertz CT molecular complexity index is 1090. The van der Waals surface area contributed by atoms with Crippen LogP contribution in [0, 0.1) is 6.92 Å². The SMILES string of the molecule is Cc1nn(C)cc1CN1CCC[C@H]1Cn1cc(C(=O)N2CCc3ccccc3C2)nn1. The summed E-state index contributed by atoms with van der Waals surface area (Å²) < 4.78 is 3.72. The van der Waals surface area contributed by atoms with E-state index in [4.69, 9.17) is 0 Å². The molecule has 8 heteroatoms. The summed E-state index contributed by atoms with van der Waals surface area (Å²) in [6.07, 6.45) is 7.12. The molecule has 2 aliphatic heterocycles. The molecule has 0 N–H and O–H groups in total. The van der Waals surface area contributed by atoms with Gasteiger partial charge in [-0.1, -0.05) is 29.5 Å². The minimum Gasteiger partial charge on any atom is -0.333 e. The van der Waals surface area contributed by atoms with E-state index in [-0.39, 0.29) is 5.91 Å². The lowest BCUT2D eigenvalue weighted by molar-refractivity contribution is 0.0728. The van der Waals surface area contributed by atoms with E-state index in [2.05, 4.69) is 51.6 Å². The molecular weight excluding hydrogens is 390 g/mol. The molecule has 8 nitrogen and oxygen atoms in total. The number of aromatic nitrogens is 5. The molecule has 0 aliphatic carbocycles. The molecule has 0 bridgehead atoms. The van der Waals surface area contributed by atoms with Crippen molar-refractivity contribution in [2.75, 3.05) is 13.1 Å². The van der Waals surface area contributed by atoms with E-state index in [1.807, 2.05) is 33.6 Å². The van der Waals surface area contributed by atoms with Gasteiger partial charge in [-0.05, 0) is 43.9 Å². The summed E-state index contributed by atoms with van der Waals surface area (Å²) in [5.74, 6) is -0.0324. The van der Waals surface area contributed by atoms with E-state index in [1.165, 1.54) is 23.1 Å². The Morgan fingerprint density at radius 1 is 1.16 bits per heavy atom. The number of rotatable bonds is 5. The number of hydrogen-bond acceptors (Lipinski definition) is 5. The number of nitrogens with zero attached hydrogens (tertiary/aromatic N) is 7. The number of carbonyl (C=O) groups is 1. The molecule has 3 aromatic rings. The van der Waals surface area contributed by atoms with E-state index >= 15 is 0 Å². The average molecular weight is 420 g/mol. The summed E-state index contributed by atoms with van der Waals surface area (Å²) in [4.78, 5) is 17.4. The average Bonchev–Trinajstić information content (AvgIpc) is 3.49. The monoisotopic (exact) mass is 419 g/mol. The Balaban J connectivity index is 1.23. The highest BCUT2D eigenvalue weighted by Gasteiger charge is 2.28. The maximum Gasteiger partial charge on any atom is 0.276 e. The van der Waals surface area contributed by atoms with E-state index in [0.29, 0.717) is 18.3 Å². The van der Waals surface area contributed by atoms with Gasteiger partial charge < -0.3 is 4.90 Å². The van der Waals surface area contributed by atoms with Gasteiger partial charge in [0.2, 0.25) is 0 Å². The van der Waals surface area contributed by atoms with Crippen LogP contribution in [-0.4, -0.2) is 59.6 Å². The minimum absolute atomic E-state index is 0.0324. The molecule has 1 saturated heterocycles. The lowest BCUT2D eigenvalue weighted by Crippen LogP contribution is -2.36. The molecule has 0 spiro atoms. The molecule has 0 saturated carbocycles. The maximum absolute atomic E-state index is 13.0. The summed E-state index contributed by atoms with van der Waals surface area (Å²) in [5.41, 5.74) is 5.35. The highest BCUT2D eigenvalue weighted by Crippen LogP contribution is 2.23. The first-order valence-electron chi connectivity index (χ1n) is 11.1. The van der Waals surface area contributed by atoms with Gasteiger partial charge in [0.25, 0.3) is 5.91 Å². The van der Waals surface area contributed by atoms with Crippen molar-refractivity contribution < 1.29 is 4.79 Å². The van der Waals surface area contributed by atoms with Crippen molar-refractivity contribution in [2.45, 2.75) is 51.9 Å². The van der Waals surface area contributed by atoms with Gasteiger partial charge in [-0.3, -0.25) is 19.1 Å². The zero-order valence-electron chi connectivity index (χ0n) is 18.2. The fourth-order valence-electron chi connectivity index (χ4n) is 4.87. The largest absolute Gasteiger partial charge is 0.333 e. The van der Waals surface area contributed by atoms with Gasteiger partial charge in [-0.15, -0.1) is 5.10 Å². The third-order valence-electron chi connectivity index (χ3n) is 6.56. The lowest BCUT2D eigenvalue weighted by Gasteiger charge is -2.28. The molecule has 1 atom stereocenters. The van der Waals surface area contributed by atoms with Crippen molar-refractivity contribution in [3.05, 3.63) is 64.7 Å². The molecule has 0 unspecified atom stereocenters. The molecule has 162 valence electrons. The molecule has 31 heavy (non-hydrogen) atoms. The van der Waals surface area contributed by atoms with Crippen molar-refractivity contribution in [3.63, 3.8) is 0 Å². The Morgan fingerprint density at radius 3 is 2.81 bits per heavy atom. The topological polar surface area (TPSA) is 72.1 Å². The van der Waals surface area contributed by atoms with Crippen molar-refractivity contribution in [1.82, 2.24) is 34.6 Å². The van der Waals surface area contributed by atoms with Gasteiger partial charge in [-0.25, -0.2) is 0 Å². The summed E-state index contributed by atoms with van der Waals surface area (Å²) in [6.45, 7) is 6.16. The van der Waals surface area contributed by atoms with Crippen LogP contribution in [0.15, 0.2) is 36.7 Å². The molecule has 2 aromatic heterocycles. The van der Waals surface area contributed by atoms with Crippen LogP contribution in [0.25, 0.3) is 0 Å². The van der Waals surface area contributed by atoms with Crippen molar-refractivity contribution >= 4 is 5.91 Å². The zero-order chi connectivity index (χ0) is 21.4. The molecule has 1 aromatic carbocycles. The fraction of sp³-hybridized carbons (Fsp3) is 0.478. The zero-order valence-corrected chi connectivity index (χ0v) is 18.2. The summed E-state index contributed by atoms with van der Waals surface area (Å²) in [7, 11) is 1.97. The van der Waals surface area contributed by atoms with E-state index in [0.717, 1.165) is 44.7 Å². The van der Waals surface area contributed by atoms with Crippen molar-refractivity contribution in [2.24, 2.45) is 7.05 Å². The lowest BCUT2D eigenvalue weighted by atomic mass is 10.00. The van der Waals surface area contributed by atoms with Crippen LogP contribution in [-0.2, 0) is 33.1 Å². The van der Waals surface area contributed by atoms with Gasteiger partial charge in [-0.2, -0.15) is 5.10 Å².